The molecule has 1 fully saturated rings. The van der Waals surface area contributed by atoms with E-state index in [9.17, 15) is 0 Å². The first-order chi connectivity index (χ1) is 8.04. The van der Waals surface area contributed by atoms with Crippen LogP contribution in [0.5, 0.6) is 0 Å². The largest absolute Gasteiger partial charge is 0.382 e. The average Bonchev–Trinajstić information content (AvgIpc) is 2.23. The van der Waals surface area contributed by atoms with Gasteiger partial charge in [-0.05, 0) is 39.2 Å². The van der Waals surface area contributed by atoms with Gasteiger partial charge in [-0.25, -0.2) is 0 Å². The third-order valence-corrected chi connectivity index (χ3v) is 3.42. The number of nitrogens with one attached hydrogen (secondary N) is 1. The van der Waals surface area contributed by atoms with Crippen molar-refractivity contribution in [2.24, 2.45) is 5.73 Å². The zero-order chi connectivity index (χ0) is 12.5. The Morgan fingerprint density at radius 1 is 1.53 bits per heavy atom. The smallest absolute Gasteiger partial charge is 0.103 e. The second-order valence-corrected chi connectivity index (χ2v) is 4.95. The van der Waals surface area contributed by atoms with Gasteiger partial charge in [0.25, 0.3) is 0 Å². The highest BCUT2D eigenvalue weighted by atomic mass is 15.0. The monoisotopic (exact) mass is 230 g/mol. The molecule has 0 radical (unpaired) electrons. The highest BCUT2D eigenvalue weighted by molar-refractivity contribution is 5.60. The van der Waals surface area contributed by atoms with E-state index in [-0.39, 0.29) is 5.54 Å². The number of rotatable bonds is 3. The topological polar surface area (TPSA) is 74.7 Å². The first-order valence-corrected chi connectivity index (χ1v) is 5.95. The highest BCUT2D eigenvalue weighted by Gasteiger charge is 2.32. The van der Waals surface area contributed by atoms with Gasteiger partial charge in [0, 0.05) is 17.8 Å². The predicted molar refractivity (Wildman–Crippen MR) is 67.7 cm³/mol. The maximum Gasteiger partial charge on any atom is 0.103 e. The van der Waals surface area contributed by atoms with E-state index in [2.05, 4.69) is 16.4 Å². The second kappa shape index (κ2) is 4.34. The zero-order valence-electron chi connectivity index (χ0n) is 10.4. The molecule has 1 saturated carbocycles. The van der Waals surface area contributed by atoms with Crippen molar-refractivity contribution in [3.63, 3.8) is 0 Å². The van der Waals surface area contributed by atoms with Crippen LogP contribution < -0.4 is 11.1 Å². The lowest BCUT2D eigenvalue weighted by Gasteiger charge is -2.38. The molecular formula is C13H18N4. The number of nitrogens with two attached hydrogens (primary N) is 1. The molecule has 4 heteroatoms. The van der Waals surface area contributed by atoms with Crippen LogP contribution in [-0.2, 0) is 0 Å². The van der Waals surface area contributed by atoms with Crippen molar-refractivity contribution in [2.45, 2.75) is 38.6 Å². The Hall–Kier alpha value is -1.60. The maximum atomic E-state index is 9.13. The standard InChI is InChI=1S/C13H18N4/c1-9-6-12(11(7-14)10(2)17-9)16-8-13(15)4-3-5-13/h6H,3-5,8,15H2,1-2H3,(H,16,17). The molecule has 1 aromatic heterocycles. The number of aromatic nitrogens is 1. The minimum atomic E-state index is -0.0855. The normalized spacial score (nSPS) is 17.1. The molecule has 0 spiro atoms. The Kier molecular flexibility index (Phi) is 3.03. The molecule has 1 aliphatic carbocycles. The zero-order valence-corrected chi connectivity index (χ0v) is 10.4. The highest BCUT2D eigenvalue weighted by Crippen LogP contribution is 2.30. The molecule has 0 aliphatic heterocycles. The molecule has 0 amide bonds. The van der Waals surface area contributed by atoms with E-state index in [1.54, 1.807) is 0 Å². The number of nitrogens with zero attached hydrogens (tertiary/aromatic N) is 2. The van der Waals surface area contributed by atoms with Crippen molar-refractivity contribution in [1.29, 1.82) is 5.26 Å². The first kappa shape index (κ1) is 11.9. The number of anilines is 1. The van der Waals surface area contributed by atoms with E-state index in [1.807, 2.05) is 19.9 Å². The molecule has 3 N–H and O–H groups in total. The van der Waals surface area contributed by atoms with Crippen LogP contribution in [0.25, 0.3) is 0 Å². The third kappa shape index (κ3) is 2.40. The van der Waals surface area contributed by atoms with Crippen LogP contribution in [0.3, 0.4) is 0 Å². The van der Waals surface area contributed by atoms with Crippen molar-refractivity contribution in [3.05, 3.63) is 23.0 Å². The van der Waals surface area contributed by atoms with E-state index in [4.69, 9.17) is 11.0 Å². The molecular weight excluding hydrogens is 212 g/mol. The molecule has 1 heterocycles. The maximum absolute atomic E-state index is 9.13. The van der Waals surface area contributed by atoms with Crippen LogP contribution in [0.4, 0.5) is 5.69 Å². The third-order valence-electron chi connectivity index (χ3n) is 3.42. The van der Waals surface area contributed by atoms with E-state index >= 15 is 0 Å². The quantitative estimate of drug-likeness (QED) is 0.831. The molecule has 1 aromatic rings. The molecule has 2 rings (SSSR count). The molecule has 0 saturated heterocycles. The molecule has 90 valence electrons. The van der Waals surface area contributed by atoms with E-state index in [0.717, 1.165) is 36.5 Å². The molecule has 0 unspecified atom stereocenters. The van der Waals surface area contributed by atoms with Gasteiger partial charge in [-0.3, -0.25) is 4.98 Å². The van der Waals surface area contributed by atoms with Crippen molar-refractivity contribution in [1.82, 2.24) is 4.98 Å². The van der Waals surface area contributed by atoms with E-state index < -0.39 is 0 Å². The van der Waals surface area contributed by atoms with Gasteiger partial charge in [0.2, 0.25) is 0 Å². The fraction of sp³-hybridized carbons (Fsp3) is 0.538. The Labute approximate surface area is 102 Å². The van der Waals surface area contributed by atoms with Gasteiger partial charge in [-0.2, -0.15) is 5.26 Å². The lowest BCUT2D eigenvalue weighted by molar-refractivity contribution is 0.265. The van der Waals surface area contributed by atoms with Gasteiger partial charge in [0.15, 0.2) is 0 Å². The molecule has 17 heavy (non-hydrogen) atoms. The number of aryl methyl sites for hydroxylation is 2. The number of pyridine rings is 1. The van der Waals surface area contributed by atoms with E-state index in [0.29, 0.717) is 5.56 Å². The average molecular weight is 230 g/mol. The summed E-state index contributed by atoms with van der Waals surface area (Å²) in [5.74, 6) is 0. The van der Waals surface area contributed by atoms with Gasteiger partial charge in [0.1, 0.15) is 6.07 Å². The van der Waals surface area contributed by atoms with Gasteiger partial charge < -0.3 is 11.1 Å². The summed E-state index contributed by atoms with van der Waals surface area (Å²) in [4.78, 5) is 4.29. The van der Waals surface area contributed by atoms with Gasteiger partial charge >= 0.3 is 0 Å². The second-order valence-electron chi connectivity index (χ2n) is 4.95. The van der Waals surface area contributed by atoms with Gasteiger partial charge in [-0.1, -0.05) is 0 Å². The summed E-state index contributed by atoms with van der Waals surface area (Å²) in [5, 5.41) is 12.4. The van der Waals surface area contributed by atoms with Crippen molar-refractivity contribution in [2.75, 3.05) is 11.9 Å². The van der Waals surface area contributed by atoms with Crippen LogP contribution in [0.15, 0.2) is 6.07 Å². The minimum Gasteiger partial charge on any atom is -0.382 e. The van der Waals surface area contributed by atoms with Crippen LogP contribution >= 0.6 is 0 Å². The Morgan fingerprint density at radius 2 is 2.24 bits per heavy atom. The fourth-order valence-corrected chi connectivity index (χ4v) is 2.19. The van der Waals surface area contributed by atoms with Gasteiger partial charge in [0.05, 0.1) is 16.9 Å². The first-order valence-electron chi connectivity index (χ1n) is 5.95. The molecule has 0 bridgehead atoms. The molecule has 0 aromatic carbocycles. The van der Waals surface area contributed by atoms with Crippen molar-refractivity contribution in [3.8, 4) is 6.07 Å². The number of hydrogen-bond acceptors (Lipinski definition) is 4. The van der Waals surface area contributed by atoms with E-state index in [1.165, 1.54) is 6.42 Å². The Balaban J connectivity index is 2.17. The summed E-state index contributed by atoms with van der Waals surface area (Å²) in [6.45, 7) is 4.52. The Bertz CT molecular complexity index is 469. The summed E-state index contributed by atoms with van der Waals surface area (Å²) >= 11 is 0. The summed E-state index contributed by atoms with van der Waals surface area (Å²) in [6, 6.07) is 4.11. The SMILES string of the molecule is Cc1cc(NCC2(N)CCC2)c(C#N)c(C)n1. The summed E-state index contributed by atoms with van der Waals surface area (Å²) in [5.41, 5.74) is 9.24. The van der Waals surface area contributed by atoms with Crippen LogP contribution in [0, 0.1) is 25.2 Å². The Morgan fingerprint density at radius 3 is 2.76 bits per heavy atom. The lowest BCUT2D eigenvalue weighted by Crippen LogP contribution is -2.52. The van der Waals surface area contributed by atoms with Gasteiger partial charge in [-0.15, -0.1) is 0 Å². The van der Waals surface area contributed by atoms with Crippen molar-refractivity contribution >= 4 is 5.69 Å². The number of nitriles is 1. The van der Waals surface area contributed by atoms with Crippen LogP contribution in [0.2, 0.25) is 0 Å². The lowest BCUT2D eigenvalue weighted by atomic mass is 9.78. The van der Waals surface area contributed by atoms with Crippen LogP contribution in [0.1, 0.15) is 36.2 Å². The summed E-state index contributed by atoms with van der Waals surface area (Å²) in [7, 11) is 0. The van der Waals surface area contributed by atoms with Crippen molar-refractivity contribution < 1.29 is 0 Å². The minimum absolute atomic E-state index is 0.0855. The summed E-state index contributed by atoms with van der Waals surface area (Å²) < 4.78 is 0. The predicted octanol–water partition coefficient (Wildman–Crippen LogP) is 1.86. The van der Waals surface area contributed by atoms with Crippen LogP contribution in [-0.4, -0.2) is 17.1 Å². The number of hydrogen-bond donors (Lipinski definition) is 2. The summed E-state index contributed by atoms with van der Waals surface area (Å²) in [6.07, 6.45) is 3.33. The fourth-order valence-electron chi connectivity index (χ4n) is 2.19. The molecule has 1 aliphatic rings. The molecule has 4 nitrogen and oxygen atoms in total. The molecule has 0 atom stereocenters.